The Bertz CT molecular complexity index is 3550. The van der Waals surface area contributed by atoms with Crippen molar-refractivity contribution in [1.29, 1.82) is 0 Å². The normalized spacial score (nSPS) is 13.0. The van der Waals surface area contributed by atoms with E-state index in [-0.39, 0.29) is 114 Å². The average Bonchev–Trinajstić information content (AvgIpc) is 4.36. The van der Waals surface area contributed by atoms with Gasteiger partial charge in [-0.2, -0.15) is 0 Å². The van der Waals surface area contributed by atoms with Crippen LogP contribution in [0.3, 0.4) is 0 Å². The lowest BCUT2D eigenvalue weighted by Crippen LogP contribution is -2.47. The molecular formula is C53H58N12O16. The molecule has 426 valence electrons. The second-order valence-corrected chi connectivity index (χ2v) is 18.4. The van der Waals surface area contributed by atoms with Crippen molar-refractivity contribution in [2.45, 2.75) is 92.3 Å². The number of carbonyl (C=O) groups is 10. The lowest BCUT2D eigenvalue weighted by atomic mass is 9.97. The zero-order chi connectivity index (χ0) is 58.8. The number of hydrogen-bond donors (Lipinski definition) is 6. The first-order valence-corrected chi connectivity index (χ1v) is 25.4. The number of nitrogens with two attached hydrogens (primary N) is 2. The summed E-state index contributed by atoms with van der Waals surface area (Å²) >= 11 is 0. The molecule has 0 aliphatic carbocycles. The Balaban J connectivity index is 1.12. The maximum absolute atomic E-state index is 13.9. The van der Waals surface area contributed by atoms with Gasteiger partial charge in [0.1, 0.15) is 29.1 Å². The standard InChI is InChI=1S/C53H58N12O16/c1-7-31-45(80-27(4)56-31)49(74)61-52-59-34-21-29(47(54)72)23-37(77-6)43(34)63(52)16-9-10-17-64-44-35(60-53(64)62-50(75)46-32(8-2)57-28(5)81-46)22-30(48(55)73)24-38(44)78-18-11-19-79-51(76)26(3)20-36(66)33(12-15-42(70)71)58-39(67)25-65-40(68)13-14-41(65)69/h9-10,13-14,21-24,26,33H,7-8,11-12,15-20,25H2,1-6H3,(H2,54,72)(H2,55,73)(H,58,67)(H,70,71)(H,59,61,74)(H,60,62,75)/b10-9+/t26-,33+/m1/s1. The van der Waals surface area contributed by atoms with Crippen LogP contribution in [0.15, 0.2) is 57.4 Å². The number of esters is 1. The van der Waals surface area contributed by atoms with Crippen molar-refractivity contribution in [2.75, 3.05) is 37.5 Å². The van der Waals surface area contributed by atoms with Gasteiger partial charge in [0, 0.05) is 69.5 Å². The number of anilines is 2. The number of carbonyl (C=O) groups excluding carboxylic acids is 9. The van der Waals surface area contributed by atoms with E-state index in [0.29, 0.717) is 34.6 Å². The molecule has 0 saturated heterocycles. The fraction of sp³-hybridized carbons (Fsp3) is 0.358. The van der Waals surface area contributed by atoms with Crippen LogP contribution < -0.4 is 36.9 Å². The molecule has 7 rings (SSSR count). The molecule has 1 aliphatic rings. The summed E-state index contributed by atoms with van der Waals surface area (Å²) < 4.78 is 31.8. The number of aryl methyl sites for hydroxylation is 4. The second-order valence-electron chi connectivity index (χ2n) is 18.4. The quantitative estimate of drug-likeness (QED) is 0.0178. The van der Waals surface area contributed by atoms with Crippen LogP contribution in [0.25, 0.3) is 22.1 Å². The number of amides is 7. The van der Waals surface area contributed by atoms with Crippen molar-refractivity contribution in [1.82, 2.24) is 39.3 Å². The van der Waals surface area contributed by atoms with Crippen LogP contribution in [0, 0.1) is 19.8 Å². The summed E-state index contributed by atoms with van der Waals surface area (Å²) in [5.41, 5.74) is 13.4. The number of imide groups is 1. The van der Waals surface area contributed by atoms with Crippen molar-refractivity contribution >= 4 is 93.0 Å². The van der Waals surface area contributed by atoms with Gasteiger partial charge in [-0.25, -0.2) is 19.9 Å². The van der Waals surface area contributed by atoms with E-state index in [0.717, 1.165) is 12.2 Å². The topological polar surface area (TPSA) is 398 Å². The van der Waals surface area contributed by atoms with Gasteiger partial charge in [-0.15, -0.1) is 0 Å². The molecule has 28 heteroatoms. The number of nitrogens with zero attached hydrogens (tertiary/aromatic N) is 7. The Morgan fingerprint density at radius 1 is 0.741 bits per heavy atom. The van der Waals surface area contributed by atoms with Crippen LogP contribution in [0.2, 0.25) is 0 Å². The van der Waals surface area contributed by atoms with Gasteiger partial charge < -0.3 is 54.1 Å². The molecular weight excluding hydrogens is 1060 g/mol. The van der Waals surface area contributed by atoms with Gasteiger partial charge in [0.25, 0.3) is 23.6 Å². The number of oxazole rings is 2. The van der Waals surface area contributed by atoms with Crippen LogP contribution in [-0.2, 0) is 59.4 Å². The van der Waals surface area contributed by atoms with Gasteiger partial charge in [0.2, 0.25) is 41.1 Å². The van der Waals surface area contributed by atoms with Crippen molar-refractivity contribution < 1.29 is 76.1 Å². The molecule has 5 heterocycles. The van der Waals surface area contributed by atoms with Crippen molar-refractivity contribution in [3.8, 4) is 11.5 Å². The highest BCUT2D eigenvalue weighted by Gasteiger charge is 2.31. The minimum atomic E-state index is -1.36. The number of carboxylic acids is 1. The summed E-state index contributed by atoms with van der Waals surface area (Å²) in [5, 5.41) is 17.2. The number of Topliss-reactive ketones (excluding diaryl/α,β-unsaturated/α-hetero) is 1. The molecule has 0 bridgehead atoms. The smallest absolute Gasteiger partial charge is 0.309 e. The molecule has 0 radical (unpaired) electrons. The summed E-state index contributed by atoms with van der Waals surface area (Å²) in [7, 11) is 1.39. The molecule has 1 aliphatic heterocycles. The lowest BCUT2D eigenvalue weighted by Gasteiger charge is -2.20. The third-order valence-electron chi connectivity index (χ3n) is 12.6. The van der Waals surface area contributed by atoms with Gasteiger partial charge in [-0.1, -0.05) is 32.9 Å². The Labute approximate surface area is 460 Å². The summed E-state index contributed by atoms with van der Waals surface area (Å²) in [4.78, 5) is 146. The minimum Gasteiger partial charge on any atom is -0.494 e. The number of nitrogens with one attached hydrogen (secondary N) is 3. The Kier molecular flexibility index (Phi) is 18.6. The SMILES string of the molecule is CCc1nc(C)oc1C(=O)Nc1nc2cc(C(N)=O)cc(OC)c2n1C/C=C/Cn1c(NC(=O)c2oc(C)nc2CC)nc2cc(C(N)=O)cc(OCCCOC(=O)[C@H](C)CC(=O)[C@H](CCC(=O)O)NC(=O)CN3C(=O)C=CC3=O)c21. The number of carboxylic acid groups (broad SMARTS) is 1. The molecule has 0 fully saturated rings. The van der Waals surface area contributed by atoms with Crippen molar-refractivity contribution in [3.63, 3.8) is 0 Å². The van der Waals surface area contributed by atoms with Crippen LogP contribution >= 0.6 is 0 Å². The number of ether oxygens (including phenoxy) is 3. The van der Waals surface area contributed by atoms with Gasteiger partial charge in [0.15, 0.2) is 17.6 Å². The molecule has 28 nitrogen and oxygen atoms in total. The van der Waals surface area contributed by atoms with Gasteiger partial charge in [-0.3, -0.25) is 63.5 Å². The van der Waals surface area contributed by atoms with Crippen molar-refractivity contribution in [2.24, 2.45) is 17.4 Å². The van der Waals surface area contributed by atoms with E-state index >= 15 is 0 Å². The molecule has 0 saturated carbocycles. The second kappa shape index (κ2) is 25.6. The van der Waals surface area contributed by atoms with E-state index in [1.165, 1.54) is 38.3 Å². The fourth-order valence-corrected chi connectivity index (χ4v) is 8.64. The molecule has 6 aromatic rings. The highest BCUT2D eigenvalue weighted by molar-refractivity contribution is 6.14. The third-order valence-corrected chi connectivity index (χ3v) is 12.6. The van der Waals surface area contributed by atoms with Crippen LogP contribution in [0.1, 0.15) is 111 Å². The van der Waals surface area contributed by atoms with Gasteiger partial charge >= 0.3 is 11.9 Å². The van der Waals surface area contributed by atoms with Gasteiger partial charge in [0.05, 0.1) is 54.7 Å². The number of primary amides is 2. The molecule has 2 aromatic carbocycles. The predicted octanol–water partition coefficient (Wildman–Crippen LogP) is 3.25. The van der Waals surface area contributed by atoms with Crippen LogP contribution in [0.5, 0.6) is 11.5 Å². The number of ketones is 1. The molecule has 8 N–H and O–H groups in total. The zero-order valence-electron chi connectivity index (χ0n) is 44.9. The molecule has 0 spiro atoms. The van der Waals surface area contributed by atoms with E-state index in [1.807, 2.05) is 6.92 Å². The number of aliphatic carboxylic acids is 1. The summed E-state index contributed by atoms with van der Waals surface area (Å²) in [6, 6.07) is 4.32. The fourth-order valence-electron chi connectivity index (χ4n) is 8.64. The van der Waals surface area contributed by atoms with E-state index in [1.54, 1.807) is 42.1 Å². The molecule has 2 atom stereocenters. The van der Waals surface area contributed by atoms with E-state index < -0.39 is 90.4 Å². The molecule has 0 unspecified atom stereocenters. The summed E-state index contributed by atoms with van der Waals surface area (Å²) in [6.45, 7) is 7.15. The maximum atomic E-state index is 13.9. The van der Waals surface area contributed by atoms with Gasteiger partial charge in [-0.05, 0) is 43.5 Å². The summed E-state index contributed by atoms with van der Waals surface area (Å²) in [6.07, 6.45) is 4.91. The first-order valence-electron chi connectivity index (χ1n) is 25.4. The van der Waals surface area contributed by atoms with E-state index in [4.69, 9.17) is 34.5 Å². The number of allylic oxidation sites excluding steroid dienone is 2. The number of hydrogen-bond acceptors (Lipinski definition) is 19. The average molecular weight is 1120 g/mol. The van der Waals surface area contributed by atoms with Crippen molar-refractivity contribution in [3.05, 3.63) is 94.4 Å². The predicted molar refractivity (Wildman–Crippen MR) is 284 cm³/mol. The largest absolute Gasteiger partial charge is 0.494 e. The summed E-state index contributed by atoms with van der Waals surface area (Å²) in [5.74, 6) is -8.26. The molecule has 7 amide bonds. The number of imidazole rings is 2. The Hall–Kier alpha value is -10.0. The number of rotatable bonds is 28. The first-order chi connectivity index (χ1) is 38.6. The first kappa shape index (κ1) is 58.7. The van der Waals surface area contributed by atoms with E-state index in [2.05, 4.69) is 35.9 Å². The number of aromatic nitrogens is 6. The van der Waals surface area contributed by atoms with Crippen LogP contribution in [0.4, 0.5) is 11.9 Å². The monoisotopic (exact) mass is 1120 g/mol. The van der Waals surface area contributed by atoms with E-state index in [9.17, 15) is 53.1 Å². The molecule has 4 aromatic heterocycles. The minimum absolute atomic E-state index is 0.00551. The zero-order valence-corrected chi connectivity index (χ0v) is 44.9. The Morgan fingerprint density at radius 2 is 1.25 bits per heavy atom. The Morgan fingerprint density at radius 3 is 1.73 bits per heavy atom. The highest BCUT2D eigenvalue weighted by atomic mass is 16.5. The third kappa shape index (κ3) is 13.8. The maximum Gasteiger partial charge on any atom is 0.309 e. The van der Waals surface area contributed by atoms with Crippen LogP contribution in [-0.4, -0.2) is 131 Å². The number of benzene rings is 2. The number of fused-ring (bicyclic) bond motifs is 2. The highest BCUT2D eigenvalue weighted by Crippen LogP contribution is 2.34. The molecule has 81 heavy (non-hydrogen) atoms. The number of methoxy groups -OCH3 is 1. The lowest BCUT2D eigenvalue weighted by molar-refractivity contribution is -0.150.